The fraction of sp³-hybridized carbons (Fsp3) is 0.714. The Bertz CT molecular complexity index is 248. The van der Waals surface area contributed by atoms with Gasteiger partial charge in [-0.05, 0) is 12.8 Å². The SMILES string of the molecule is CCCCCCC(N)CCC.O=C(O)/C=C/C(=O)O. The highest BCUT2D eigenvalue weighted by molar-refractivity contribution is 5.89. The maximum Gasteiger partial charge on any atom is 0.328 e. The maximum atomic E-state index is 9.55. The summed E-state index contributed by atoms with van der Waals surface area (Å²) in [6.45, 7) is 4.44. The highest BCUT2D eigenvalue weighted by atomic mass is 16.4. The second kappa shape index (κ2) is 14.7. The van der Waals surface area contributed by atoms with Crippen LogP contribution in [0.25, 0.3) is 0 Å². The molecule has 1 unspecified atom stereocenters. The van der Waals surface area contributed by atoms with E-state index in [0.29, 0.717) is 18.2 Å². The third kappa shape index (κ3) is 22.3. The Labute approximate surface area is 115 Å². The van der Waals surface area contributed by atoms with Crippen LogP contribution in [0.4, 0.5) is 0 Å². The molecular weight excluding hydrogens is 246 g/mol. The van der Waals surface area contributed by atoms with Crippen LogP contribution in [-0.2, 0) is 9.59 Å². The van der Waals surface area contributed by atoms with Crippen molar-refractivity contribution in [3.8, 4) is 0 Å². The molecule has 0 aliphatic carbocycles. The molecule has 0 saturated heterocycles. The van der Waals surface area contributed by atoms with Gasteiger partial charge in [-0.3, -0.25) is 0 Å². The molecule has 5 nitrogen and oxygen atoms in total. The Kier molecular flexibility index (Phi) is 15.4. The smallest absolute Gasteiger partial charge is 0.328 e. The lowest BCUT2D eigenvalue weighted by molar-refractivity contribution is -0.134. The summed E-state index contributed by atoms with van der Waals surface area (Å²) in [5.74, 6) is -2.51. The van der Waals surface area contributed by atoms with Crippen LogP contribution in [0.1, 0.15) is 58.8 Å². The van der Waals surface area contributed by atoms with Gasteiger partial charge in [0.25, 0.3) is 0 Å². The van der Waals surface area contributed by atoms with Gasteiger partial charge in [-0.2, -0.15) is 0 Å². The molecule has 0 fully saturated rings. The van der Waals surface area contributed by atoms with E-state index in [-0.39, 0.29) is 0 Å². The van der Waals surface area contributed by atoms with Crippen LogP contribution in [0.2, 0.25) is 0 Å². The Morgan fingerprint density at radius 3 is 1.84 bits per heavy atom. The van der Waals surface area contributed by atoms with Gasteiger partial charge in [0.15, 0.2) is 0 Å². The number of unbranched alkanes of at least 4 members (excludes halogenated alkanes) is 3. The summed E-state index contributed by atoms with van der Waals surface area (Å²) in [5.41, 5.74) is 5.87. The average Bonchev–Trinajstić information content (AvgIpc) is 2.33. The van der Waals surface area contributed by atoms with Crippen LogP contribution >= 0.6 is 0 Å². The molecule has 0 saturated carbocycles. The molecule has 0 aliphatic heterocycles. The lowest BCUT2D eigenvalue weighted by atomic mass is 10.0. The second-order valence-corrected chi connectivity index (χ2v) is 4.41. The topological polar surface area (TPSA) is 101 Å². The van der Waals surface area contributed by atoms with Crippen LogP contribution in [0.3, 0.4) is 0 Å². The van der Waals surface area contributed by atoms with Crippen molar-refractivity contribution in [2.45, 2.75) is 64.8 Å². The zero-order valence-corrected chi connectivity index (χ0v) is 12.0. The van der Waals surface area contributed by atoms with E-state index in [2.05, 4.69) is 13.8 Å². The minimum Gasteiger partial charge on any atom is -0.478 e. The molecule has 0 bridgehead atoms. The van der Waals surface area contributed by atoms with Gasteiger partial charge in [0.2, 0.25) is 0 Å². The maximum absolute atomic E-state index is 9.55. The van der Waals surface area contributed by atoms with Gasteiger partial charge in [0.05, 0.1) is 0 Å². The summed E-state index contributed by atoms with van der Waals surface area (Å²) < 4.78 is 0. The molecular formula is C14H27NO4. The number of rotatable bonds is 9. The van der Waals surface area contributed by atoms with E-state index in [1.54, 1.807) is 0 Å². The van der Waals surface area contributed by atoms with Crippen molar-refractivity contribution >= 4 is 11.9 Å². The molecule has 0 rings (SSSR count). The van der Waals surface area contributed by atoms with Gasteiger partial charge in [-0.25, -0.2) is 9.59 Å². The van der Waals surface area contributed by atoms with Crippen molar-refractivity contribution in [3.63, 3.8) is 0 Å². The second-order valence-electron chi connectivity index (χ2n) is 4.41. The van der Waals surface area contributed by atoms with E-state index in [0.717, 1.165) is 0 Å². The average molecular weight is 273 g/mol. The lowest BCUT2D eigenvalue weighted by Gasteiger charge is -2.08. The molecule has 1 atom stereocenters. The normalized spacial score (nSPS) is 11.7. The minimum atomic E-state index is -1.26. The first-order chi connectivity index (χ1) is 8.93. The van der Waals surface area contributed by atoms with Crippen molar-refractivity contribution in [1.82, 2.24) is 0 Å². The molecule has 0 radical (unpaired) electrons. The van der Waals surface area contributed by atoms with Gasteiger partial charge < -0.3 is 15.9 Å². The number of carboxylic acid groups (broad SMARTS) is 2. The van der Waals surface area contributed by atoms with Crippen molar-refractivity contribution in [3.05, 3.63) is 12.2 Å². The van der Waals surface area contributed by atoms with E-state index >= 15 is 0 Å². The molecule has 0 aromatic rings. The number of hydrogen-bond acceptors (Lipinski definition) is 3. The van der Waals surface area contributed by atoms with Crippen LogP contribution < -0.4 is 5.73 Å². The molecule has 0 aliphatic rings. The predicted octanol–water partition coefficient (Wildman–Crippen LogP) is 2.80. The van der Waals surface area contributed by atoms with Crippen LogP contribution in [0.15, 0.2) is 12.2 Å². The summed E-state index contributed by atoms with van der Waals surface area (Å²) in [6.07, 6.45) is 10.2. The van der Waals surface area contributed by atoms with Crippen LogP contribution in [0, 0.1) is 0 Å². The highest BCUT2D eigenvalue weighted by Gasteiger charge is 1.99. The van der Waals surface area contributed by atoms with E-state index < -0.39 is 11.9 Å². The van der Waals surface area contributed by atoms with Gasteiger partial charge in [0, 0.05) is 18.2 Å². The third-order valence-electron chi connectivity index (χ3n) is 2.46. The molecule has 0 aromatic carbocycles. The van der Waals surface area contributed by atoms with Crippen molar-refractivity contribution in [2.24, 2.45) is 5.73 Å². The monoisotopic (exact) mass is 273 g/mol. The Morgan fingerprint density at radius 1 is 0.947 bits per heavy atom. The summed E-state index contributed by atoms with van der Waals surface area (Å²) in [7, 11) is 0. The molecule has 112 valence electrons. The van der Waals surface area contributed by atoms with E-state index in [1.165, 1.54) is 44.9 Å². The number of nitrogens with two attached hydrogens (primary N) is 1. The predicted molar refractivity (Wildman–Crippen MR) is 76.1 cm³/mol. The van der Waals surface area contributed by atoms with Crippen molar-refractivity contribution in [2.75, 3.05) is 0 Å². The van der Waals surface area contributed by atoms with E-state index in [9.17, 15) is 9.59 Å². The Balaban J connectivity index is 0. The molecule has 0 heterocycles. The number of hydrogen-bond donors (Lipinski definition) is 3. The van der Waals surface area contributed by atoms with Gasteiger partial charge in [-0.1, -0.05) is 46.0 Å². The zero-order chi connectivity index (χ0) is 15.1. The lowest BCUT2D eigenvalue weighted by Crippen LogP contribution is -2.18. The van der Waals surface area contributed by atoms with Crippen LogP contribution in [0.5, 0.6) is 0 Å². The molecule has 19 heavy (non-hydrogen) atoms. The Hall–Kier alpha value is -1.36. The Morgan fingerprint density at radius 2 is 1.47 bits per heavy atom. The standard InChI is InChI=1S/C10H23N.C4H4O4/c1-3-5-6-7-9-10(11)8-4-2;5-3(6)1-2-4(7)8/h10H,3-9,11H2,1-2H3;1-2H,(H,5,6)(H,7,8)/b;2-1+. The molecule has 0 amide bonds. The fourth-order valence-corrected chi connectivity index (χ4v) is 1.49. The van der Waals surface area contributed by atoms with Crippen molar-refractivity contribution < 1.29 is 19.8 Å². The van der Waals surface area contributed by atoms with E-state index in [4.69, 9.17) is 15.9 Å². The van der Waals surface area contributed by atoms with Crippen LogP contribution in [-0.4, -0.2) is 28.2 Å². The van der Waals surface area contributed by atoms with E-state index in [1.807, 2.05) is 0 Å². The third-order valence-corrected chi connectivity index (χ3v) is 2.46. The summed E-state index contributed by atoms with van der Waals surface area (Å²) in [4.78, 5) is 19.1. The highest BCUT2D eigenvalue weighted by Crippen LogP contribution is 2.07. The molecule has 0 aromatic heterocycles. The molecule has 5 heteroatoms. The van der Waals surface area contributed by atoms with Gasteiger partial charge in [-0.15, -0.1) is 0 Å². The number of carboxylic acids is 2. The zero-order valence-electron chi connectivity index (χ0n) is 12.0. The number of carbonyl (C=O) groups is 2. The molecule has 4 N–H and O–H groups in total. The first kappa shape index (κ1) is 20.0. The number of aliphatic carboxylic acids is 2. The van der Waals surface area contributed by atoms with Gasteiger partial charge in [0.1, 0.15) is 0 Å². The quantitative estimate of drug-likeness (QED) is 0.443. The fourth-order valence-electron chi connectivity index (χ4n) is 1.49. The first-order valence-corrected chi connectivity index (χ1v) is 6.83. The molecule has 0 spiro atoms. The summed E-state index contributed by atoms with van der Waals surface area (Å²) in [6, 6.07) is 0.469. The summed E-state index contributed by atoms with van der Waals surface area (Å²) >= 11 is 0. The minimum absolute atomic E-state index is 0.469. The largest absolute Gasteiger partial charge is 0.478 e. The summed E-state index contributed by atoms with van der Waals surface area (Å²) in [5, 5.41) is 15.6. The van der Waals surface area contributed by atoms with Gasteiger partial charge >= 0.3 is 11.9 Å². The first-order valence-electron chi connectivity index (χ1n) is 6.83. The van der Waals surface area contributed by atoms with Crippen molar-refractivity contribution in [1.29, 1.82) is 0 Å².